The van der Waals surface area contributed by atoms with E-state index < -0.39 is 0 Å². The number of hydrogen-bond acceptors (Lipinski definition) is 5. The average molecular weight is 264 g/mol. The van der Waals surface area contributed by atoms with E-state index in [1.54, 1.807) is 17.2 Å². The van der Waals surface area contributed by atoms with Crippen molar-refractivity contribution in [3.8, 4) is 0 Å². The molecule has 6 heteroatoms. The lowest BCUT2D eigenvalue weighted by Crippen LogP contribution is -2.12. The van der Waals surface area contributed by atoms with E-state index in [9.17, 15) is 10.2 Å². The lowest BCUT2D eigenvalue weighted by Gasteiger charge is -2.09. The third-order valence-corrected chi connectivity index (χ3v) is 3.14. The summed E-state index contributed by atoms with van der Waals surface area (Å²) >= 11 is 0. The van der Waals surface area contributed by atoms with Gasteiger partial charge in [-0.2, -0.15) is 5.10 Å². The number of fused-ring (bicyclic) bond motifs is 1. The SMILES string of the molecule is OCC(CO)c1cnn2c1/N=C/NCCCC/C=C\2. The molecule has 1 aromatic rings. The second kappa shape index (κ2) is 7.06. The van der Waals surface area contributed by atoms with Gasteiger partial charge >= 0.3 is 0 Å². The zero-order valence-electron chi connectivity index (χ0n) is 10.9. The number of aliphatic hydroxyl groups is 2. The highest BCUT2D eigenvalue weighted by atomic mass is 16.3. The molecule has 0 bridgehead atoms. The van der Waals surface area contributed by atoms with Gasteiger partial charge in [-0.05, 0) is 19.3 Å². The van der Waals surface area contributed by atoms with E-state index in [2.05, 4.69) is 21.5 Å². The molecule has 0 saturated carbocycles. The fourth-order valence-electron chi connectivity index (χ4n) is 1.99. The summed E-state index contributed by atoms with van der Waals surface area (Å²) in [5, 5.41) is 26.0. The Hall–Kier alpha value is -1.66. The smallest absolute Gasteiger partial charge is 0.160 e. The lowest BCUT2D eigenvalue weighted by atomic mass is 10.0. The Morgan fingerprint density at radius 2 is 2.16 bits per heavy atom. The molecule has 0 radical (unpaired) electrons. The zero-order chi connectivity index (χ0) is 13.5. The lowest BCUT2D eigenvalue weighted by molar-refractivity contribution is 0.193. The number of rotatable bonds is 3. The highest BCUT2D eigenvalue weighted by Crippen LogP contribution is 2.27. The first-order valence-corrected chi connectivity index (χ1v) is 6.58. The van der Waals surface area contributed by atoms with E-state index in [0.29, 0.717) is 5.82 Å². The van der Waals surface area contributed by atoms with Gasteiger partial charge in [0.1, 0.15) is 0 Å². The summed E-state index contributed by atoms with van der Waals surface area (Å²) in [4.78, 5) is 4.36. The molecule has 19 heavy (non-hydrogen) atoms. The number of allylic oxidation sites excluding steroid dienone is 1. The van der Waals surface area contributed by atoms with Crippen molar-refractivity contribution in [2.45, 2.75) is 25.2 Å². The summed E-state index contributed by atoms with van der Waals surface area (Å²) in [6.45, 7) is 0.647. The van der Waals surface area contributed by atoms with Crippen molar-refractivity contribution in [2.24, 2.45) is 4.99 Å². The molecular formula is C13H20N4O2. The van der Waals surface area contributed by atoms with E-state index in [4.69, 9.17) is 0 Å². The minimum atomic E-state index is -0.348. The monoisotopic (exact) mass is 264 g/mol. The molecular weight excluding hydrogens is 244 g/mol. The first-order chi connectivity index (χ1) is 9.36. The third-order valence-electron chi connectivity index (χ3n) is 3.14. The summed E-state index contributed by atoms with van der Waals surface area (Å²) in [6.07, 6.45) is 10.5. The van der Waals surface area contributed by atoms with Gasteiger partial charge < -0.3 is 15.5 Å². The van der Waals surface area contributed by atoms with Gasteiger partial charge in [-0.3, -0.25) is 0 Å². The van der Waals surface area contributed by atoms with Gasteiger partial charge in [0.15, 0.2) is 5.82 Å². The van der Waals surface area contributed by atoms with Crippen molar-refractivity contribution in [1.82, 2.24) is 15.1 Å². The molecule has 0 saturated heterocycles. The Kier molecular flexibility index (Phi) is 5.11. The number of aromatic nitrogens is 2. The Morgan fingerprint density at radius 1 is 1.32 bits per heavy atom. The van der Waals surface area contributed by atoms with Crippen molar-refractivity contribution >= 4 is 18.4 Å². The molecule has 0 fully saturated rings. The second-order valence-electron chi connectivity index (χ2n) is 4.52. The maximum absolute atomic E-state index is 9.29. The molecule has 2 heterocycles. The normalized spacial score (nSPS) is 19.3. The standard InChI is InChI=1S/C13H20N4O2/c18-8-11(9-19)12-7-16-17-6-4-2-1-3-5-14-10-15-13(12)17/h4,6-7,10-11,18-19H,1-3,5,8-9H2,(H,14,15)/b6-4-. The van der Waals surface area contributed by atoms with Crippen LogP contribution in [0.4, 0.5) is 5.82 Å². The summed E-state index contributed by atoms with van der Waals surface area (Å²) in [5.74, 6) is 0.304. The first kappa shape index (κ1) is 13.8. The average Bonchev–Trinajstić information content (AvgIpc) is 2.79. The fraction of sp³-hybridized carbons (Fsp3) is 0.538. The van der Waals surface area contributed by atoms with E-state index in [1.165, 1.54) is 0 Å². The van der Waals surface area contributed by atoms with Crippen molar-refractivity contribution < 1.29 is 10.2 Å². The summed E-state index contributed by atoms with van der Waals surface area (Å²) in [6, 6.07) is 0. The van der Waals surface area contributed by atoms with Crippen LogP contribution in [0.1, 0.15) is 30.7 Å². The molecule has 6 nitrogen and oxygen atoms in total. The van der Waals surface area contributed by atoms with Crippen molar-refractivity contribution in [3.63, 3.8) is 0 Å². The van der Waals surface area contributed by atoms with E-state index in [0.717, 1.165) is 31.4 Å². The van der Waals surface area contributed by atoms with Gasteiger partial charge in [0.05, 0.1) is 25.7 Å². The van der Waals surface area contributed by atoms with Crippen molar-refractivity contribution in [3.05, 3.63) is 17.8 Å². The Morgan fingerprint density at radius 3 is 2.95 bits per heavy atom. The quantitative estimate of drug-likeness (QED) is 0.756. The minimum absolute atomic E-state index is 0.123. The van der Waals surface area contributed by atoms with E-state index in [1.807, 2.05) is 6.20 Å². The number of hydrogen-bond donors (Lipinski definition) is 3. The van der Waals surface area contributed by atoms with E-state index in [-0.39, 0.29) is 19.1 Å². The Balaban J connectivity index is 2.33. The molecule has 0 atom stereocenters. The molecule has 0 aliphatic carbocycles. The van der Waals surface area contributed by atoms with Crippen LogP contribution < -0.4 is 5.32 Å². The fourth-order valence-corrected chi connectivity index (χ4v) is 1.99. The maximum atomic E-state index is 9.29. The predicted octanol–water partition coefficient (Wildman–Crippen LogP) is 0.855. The molecule has 0 spiro atoms. The van der Waals surface area contributed by atoms with Crippen LogP contribution >= 0.6 is 0 Å². The van der Waals surface area contributed by atoms with Gasteiger partial charge in [-0.25, -0.2) is 9.67 Å². The predicted molar refractivity (Wildman–Crippen MR) is 74.5 cm³/mol. The highest BCUT2D eigenvalue weighted by Gasteiger charge is 2.17. The Bertz CT molecular complexity index is 449. The van der Waals surface area contributed by atoms with Crippen LogP contribution in [0.3, 0.4) is 0 Å². The van der Waals surface area contributed by atoms with Gasteiger partial charge in [0.25, 0.3) is 0 Å². The molecule has 1 aliphatic rings. The molecule has 0 unspecified atom stereocenters. The molecule has 2 rings (SSSR count). The highest BCUT2D eigenvalue weighted by molar-refractivity contribution is 5.62. The molecule has 1 aromatic heterocycles. The molecule has 3 N–H and O–H groups in total. The zero-order valence-corrected chi connectivity index (χ0v) is 10.9. The number of nitrogens with zero attached hydrogens (tertiary/aromatic N) is 3. The molecule has 0 aromatic carbocycles. The van der Waals surface area contributed by atoms with Crippen LogP contribution in [0.15, 0.2) is 17.3 Å². The maximum Gasteiger partial charge on any atom is 0.160 e. The first-order valence-electron chi connectivity index (χ1n) is 6.58. The van der Waals surface area contributed by atoms with Gasteiger partial charge in [-0.1, -0.05) is 6.08 Å². The Labute approximate surface area is 112 Å². The van der Waals surface area contributed by atoms with Crippen molar-refractivity contribution in [1.29, 1.82) is 0 Å². The molecule has 0 amide bonds. The summed E-state index contributed by atoms with van der Waals surface area (Å²) in [7, 11) is 0. The number of nitrogens with one attached hydrogen (secondary N) is 1. The summed E-state index contributed by atoms with van der Waals surface area (Å²) < 4.78 is 1.68. The van der Waals surface area contributed by atoms with Crippen molar-refractivity contribution in [2.75, 3.05) is 19.8 Å². The van der Waals surface area contributed by atoms with Crippen LogP contribution in [-0.2, 0) is 0 Å². The summed E-state index contributed by atoms with van der Waals surface area (Å²) in [5.41, 5.74) is 0.756. The second-order valence-corrected chi connectivity index (χ2v) is 4.52. The minimum Gasteiger partial charge on any atom is -0.396 e. The number of aliphatic imine (C=N–C) groups is 1. The van der Waals surface area contributed by atoms with Crippen LogP contribution in [0.25, 0.3) is 6.20 Å². The van der Waals surface area contributed by atoms with Crippen LogP contribution in [0.2, 0.25) is 0 Å². The van der Waals surface area contributed by atoms with Gasteiger partial charge in [-0.15, -0.1) is 0 Å². The van der Waals surface area contributed by atoms with Gasteiger partial charge in [0.2, 0.25) is 0 Å². The van der Waals surface area contributed by atoms with Gasteiger partial charge in [0, 0.05) is 24.2 Å². The molecule has 104 valence electrons. The molecule has 1 aliphatic heterocycles. The topological polar surface area (TPSA) is 82.7 Å². The van der Waals surface area contributed by atoms with E-state index >= 15 is 0 Å². The van der Waals surface area contributed by atoms with Crippen LogP contribution in [0, 0.1) is 0 Å². The van der Waals surface area contributed by atoms with Crippen LogP contribution in [0.5, 0.6) is 0 Å². The van der Waals surface area contributed by atoms with Crippen LogP contribution in [-0.4, -0.2) is 46.1 Å². The largest absolute Gasteiger partial charge is 0.396 e. The third kappa shape index (κ3) is 3.42. The number of aliphatic hydroxyl groups excluding tert-OH is 2.